The first-order chi connectivity index (χ1) is 8.45. The van der Waals surface area contributed by atoms with Crippen LogP contribution in [0.25, 0.3) is 0 Å². The standard InChI is InChI=1S/C12H16O4S2/c1-2-17-7-8-18(15,16)11-5-3-10(4-6-11)9-12(13)14/h3-6H,2,7-9H2,1H3,(H,13,14). The molecule has 0 aromatic heterocycles. The van der Waals surface area contributed by atoms with Gasteiger partial charge in [0.05, 0.1) is 17.1 Å². The van der Waals surface area contributed by atoms with Gasteiger partial charge in [0.25, 0.3) is 0 Å². The minimum absolute atomic E-state index is 0.0913. The molecule has 0 spiro atoms. The second-order valence-electron chi connectivity index (χ2n) is 3.73. The Labute approximate surface area is 111 Å². The highest BCUT2D eigenvalue weighted by Gasteiger charge is 2.14. The lowest BCUT2D eigenvalue weighted by Gasteiger charge is -2.04. The first-order valence-electron chi connectivity index (χ1n) is 5.57. The second kappa shape index (κ2) is 6.80. The predicted octanol–water partition coefficient (Wildman–Crippen LogP) is 1.84. The third kappa shape index (κ3) is 4.70. The van der Waals surface area contributed by atoms with Gasteiger partial charge in [-0.3, -0.25) is 4.79 Å². The van der Waals surface area contributed by atoms with E-state index in [0.29, 0.717) is 11.3 Å². The van der Waals surface area contributed by atoms with Crippen molar-refractivity contribution in [3.63, 3.8) is 0 Å². The quantitative estimate of drug-likeness (QED) is 0.775. The average Bonchev–Trinajstić information content (AvgIpc) is 2.29. The third-order valence-corrected chi connectivity index (χ3v) is 5.23. The number of carbonyl (C=O) groups is 1. The smallest absolute Gasteiger partial charge is 0.307 e. The van der Waals surface area contributed by atoms with Crippen LogP contribution >= 0.6 is 11.8 Å². The Balaban J connectivity index is 2.74. The molecule has 6 heteroatoms. The van der Waals surface area contributed by atoms with E-state index in [2.05, 4.69) is 0 Å². The lowest BCUT2D eigenvalue weighted by Crippen LogP contribution is -2.09. The van der Waals surface area contributed by atoms with E-state index in [4.69, 9.17) is 5.11 Å². The van der Waals surface area contributed by atoms with Crippen LogP contribution in [0.15, 0.2) is 29.2 Å². The van der Waals surface area contributed by atoms with Crippen LogP contribution < -0.4 is 0 Å². The van der Waals surface area contributed by atoms with E-state index in [-0.39, 0.29) is 17.1 Å². The van der Waals surface area contributed by atoms with E-state index in [1.807, 2.05) is 6.92 Å². The molecule has 0 aliphatic rings. The minimum Gasteiger partial charge on any atom is -0.481 e. The number of rotatable bonds is 7. The molecule has 0 heterocycles. The highest BCUT2D eigenvalue weighted by Crippen LogP contribution is 2.14. The number of hydrogen-bond donors (Lipinski definition) is 1. The van der Waals surface area contributed by atoms with Crippen molar-refractivity contribution in [2.24, 2.45) is 0 Å². The molecule has 18 heavy (non-hydrogen) atoms. The number of carboxylic acids is 1. The van der Waals surface area contributed by atoms with E-state index in [9.17, 15) is 13.2 Å². The van der Waals surface area contributed by atoms with Crippen LogP contribution in [0.2, 0.25) is 0 Å². The van der Waals surface area contributed by atoms with E-state index in [1.54, 1.807) is 23.9 Å². The van der Waals surface area contributed by atoms with Crippen LogP contribution in [-0.2, 0) is 21.1 Å². The fourth-order valence-electron chi connectivity index (χ4n) is 1.42. The molecular weight excluding hydrogens is 272 g/mol. The van der Waals surface area contributed by atoms with Crippen LogP contribution in [0.3, 0.4) is 0 Å². The predicted molar refractivity (Wildman–Crippen MR) is 72.8 cm³/mol. The molecule has 1 aromatic carbocycles. The van der Waals surface area contributed by atoms with Gasteiger partial charge in [-0.05, 0) is 23.4 Å². The zero-order chi connectivity index (χ0) is 13.6. The fraction of sp³-hybridized carbons (Fsp3) is 0.417. The number of benzene rings is 1. The van der Waals surface area contributed by atoms with Crippen LogP contribution in [0.1, 0.15) is 12.5 Å². The Morgan fingerprint density at radius 2 is 1.89 bits per heavy atom. The molecule has 0 atom stereocenters. The van der Waals surface area contributed by atoms with Gasteiger partial charge in [0, 0.05) is 5.75 Å². The summed E-state index contributed by atoms with van der Waals surface area (Å²) in [4.78, 5) is 10.8. The maximum absolute atomic E-state index is 11.9. The van der Waals surface area contributed by atoms with Crippen molar-refractivity contribution < 1.29 is 18.3 Å². The molecule has 0 saturated heterocycles. The first kappa shape index (κ1) is 15.0. The molecule has 0 aliphatic heterocycles. The zero-order valence-corrected chi connectivity index (χ0v) is 11.8. The summed E-state index contributed by atoms with van der Waals surface area (Å²) in [7, 11) is -3.25. The summed E-state index contributed by atoms with van der Waals surface area (Å²) < 4.78 is 23.8. The Morgan fingerprint density at radius 1 is 1.28 bits per heavy atom. The number of thioether (sulfide) groups is 1. The van der Waals surface area contributed by atoms with E-state index < -0.39 is 15.8 Å². The summed E-state index contributed by atoms with van der Waals surface area (Å²) >= 11 is 1.58. The normalized spacial score (nSPS) is 11.4. The van der Waals surface area contributed by atoms with Gasteiger partial charge in [0.1, 0.15) is 0 Å². The van der Waals surface area contributed by atoms with Crippen LogP contribution in [-0.4, -0.2) is 36.8 Å². The summed E-state index contributed by atoms with van der Waals surface area (Å²) in [6.07, 6.45) is -0.0913. The van der Waals surface area contributed by atoms with Gasteiger partial charge in [-0.1, -0.05) is 19.1 Å². The van der Waals surface area contributed by atoms with Gasteiger partial charge in [-0.2, -0.15) is 11.8 Å². The van der Waals surface area contributed by atoms with Gasteiger partial charge >= 0.3 is 5.97 Å². The third-order valence-electron chi connectivity index (χ3n) is 2.34. The first-order valence-corrected chi connectivity index (χ1v) is 8.37. The number of aliphatic carboxylic acids is 1. The molecule has 0 bridgehead atoms. The number of carboxylic acid groups (broad SMARTS) is 1. The Kier molecular flexibility index (Phi) is 5.68. The molecule has 1 rings (SSSR count). The molecule has 1 N–H and O–H groups in total. The summed E-state index contributed by atoms with van der Waals surface area (Å²) in [6.45, 7) is 1.98. The van der Waals surface area contributed by atoms with E-state index in [0.717, 1.165) is 5.75 Å². The molecule has 1 aromatic rings. The van der Waals surface area contributed by atoms with Crippen molar-refractivity contribution in [1.29, 1.82) is 0 Å². The molecule has 0 fully saturated rings. The zero-order valence-electron chi connectivity index (χ0n) is 10.1. The number of hydrogen-bond acceptors (Lipinski definition) is 4. The SMILES string of the molecule is CCSCCS(=O)(=O)c1ccc(CC(=O)O)cc1. The monoisotopic (exact) mass is 288 g/mol. The highest BCUT2D eigenvalue weighted by molar-refractivity contribution is 8.00. The number of sulfone groups is 1. The fourth-order valence-corrected chi connectivity index (χ4v) is 3.84. The van der Waals surface area contributed by atoms with E-state index >= 15 is 0 Å². The Morgan fingerprint density at radius 3 is 2.39 bits per heavy atom. The Bertz CT molecular complexity index is 491. The van der Waals surface area contributed by atoms with Gasteiger partial charge in [0.15, 0.2) is 9.84 Å². The van der Waals surface area contributed by atoms with Crippen molar-refractivity contribution in [3.05, 3.63) is 29.8 Å². The van der Waals surface area contributed by atoms with Gasteiger partial charge in [-0.15, -0.1) is 0 Å². The maximum Gasteiger partial charge on any atom is 0.307 e. The minimum atomic E-state index is -3.25. The summed E-state index contributed by atoms with van der Waals surface area (Å²) in [6, 6.07) is 6.05. The van der Waals surface area contributed by atoms with Crippen LogP contribution in [0, 0.1) is 0 Å². The topological polar surface area (TPSA) is 71.4 Å². The molecule has 0 amide bonds. The van der Waals surface area contributed by atoms with Crippen molar-refractivity contribution in [2.75, 3.05) is 17.3 Å². The molecular formula is C12H16O4S2. The Hall–Kier alpha value is -1.01. The average molecular weight is 288 g/mol. The van der Waals surface area contributed by atoms with Crippen LogP contribution in [0.5, 0.6) is 0 Å². The summed E-state index contributed by atoms with van der Waals surface area (Å²) in [5.74, 6) is 0.664. The van der Waals surface area contributed by atoms with Crippen LogP contribution in [0.4, 0.5) is 0 Å². The molecule has 0 unspecified atom stereocenters. The lowest BCUT2D eigenvalue weighted by molar-refractivity contribution is -0.136. The highest BCUT2D eigenvalue weighted by atomic mass is 32.2. The van der Waals surface area contributed by atoms with Gasteiger partial charge in [-0.25, -0.2) is 8.42 Å². The van der Waals surface area contributed by atoms with Crippen molar-refractivity contribution in [2.45, 2.75) is 18.2 Å². The molecule has 0 aliphatic carbocycles. The lowest BCUT2D eigenvalue weighted by atomic mass is 10.2. The summed E-state index contributed by atoms with van der Waals surface area (Å²) in [5.41, 5.74) is 0.601. The molecule has 0 saturated carbocycles. The van der Waals surface area contributed by atoms with Gasteiger partial charge in [0.2, 0.25) is 0 Å². The summed E-state index contributed by atoms with van der Waals surface area (Å²) in [5, 5.41) is 8.62. The molecule has 100 valence electrons. The van der Waals surface area contributed by atoms with Crippen molar-refractivity contribution in [3.8, 4) is 0 Å². The van der Waals surface area contributed by atoms with Gasteiger partial charge < -0.3 is 5.11 Å². The van der Waals surface area contributed by atoms with Crippen molar-refractivity contribution >= 4 is 27.6 Å². The van der Waals surface area contributed by atoms with Crippen molar-refractivity contribution in [1.82, 2.24) is 0 Å². The maximum atomic E-state index is 11.9. The second-order valence-corrected chi connectivity index (χ2v) is 7.23. The molecule has 0 radical (unpaired) electrons. The molecule has 4 nitrogen and oxygen atoms in total. The largest absolute Gasteiger partial charge is 0.481 e. The van der Waals surface area contributed by atoms with E-state index in [1.165, 1.54) is 12.1 Å².